The number of fused-ring (bicyclic) bond motifs is 1. The molecule has 0 aromatic heterocycles. The van der Waals surface area contributed by atoms with Gasteiger partial charge in [-0.1, -0.05) is 157 Å². The number of likely N-dealkylation sites (N-methyl/N-ethyl adjacent to an activating group) is 1. The summed E-state index contributed by atoms with van der Waals surface area (Å²) in [5.74, 6) is -13.2. The number of hydrogen-bond donors (Lipinski definition) is 18. The smallest absolute Gasteiger partial charge is 0.264 e. The Morgan fingerprint density at radius 3 is 1.47 bits per heavy atom. The fourth-order valence-corrected chi connectivity index (χ4v) is 14.5. The molecule has 596 valence electrons. The van der Waals surface area contributed by atoms with Crippen molar-refractivity contribution in [3.63, 3.8) is 0 Å². The van der Waals surface area contributed by atoms with Gasteiger partial charge in [-0.15, -0.1) is 0 Å². The van der Waals surface area contributed by atoms with E-state index in [4.69, 9.17) is 17.2 Å². The molecule has 31 nitrogen and oxygen atoms in total. The van der Waals surface area contributed by atoms with Crippen LogP contribution in [0.25, 0.3) is 10.8 Å². The van der Waals surface area contributed by atoms with Crippen LogP contribution in [-0.2, 0) is 85.0 Å². The highest BCUT2D eigenvalue weighted by molar-refractivity contribution is 14.1. The van der Waals surface area contributed by atoms with E-state index in [9.17, 15) is 54.0 Å². The number of carbonyl (C=O) groups excluding carboxylic acids is 12. The third-order valence-corrected chi connectivity index (χ3v) is 21.4. The van der Waals surface area contributed by atoms with Crippen LogP contribution in [-0.4, -0.2) is 213 Å². The zero-order chi connectivity index (χ0) is 81.0. The molecule has 7 rings (SSSR count). The first kappa shape index (κ1) is 88.4. The first-order valence-electron chi connectivity index (χ1n) is 36.1. The molecule has 111 heavy (non-hydrogen) atoms. The zero-order valence-corrected chi connectivity index (χ0v) is 65.8. The lowest BCUT2D eigenvalue weighted by Crippen LogP contribution is -2.65. The maximum atomic E-state index is 15.7. The summed E-state index contributed by atoms with van der Waals surface area (Å²) in [6.45, 7) is 5.73. The average Bonchev–Trinajstić information content (AvgIpc) is 0.816. The summed E-state index contributed by atoms with van der Waals surface area (Å²) in [5, 5.41) is 73.9. The van der Waals surface area contributed by atoms with Gasteiger partial charge in [-0.05, 0) is 125 Å². The van der Waals surface area contributed by atoms with Gasteiger partial charge in [-0.2, -0.15) is 0 Å². The number of aliphatic hydroxyl groups excluding tert-OH is 3. The number of benzene rings is 6. The normalized spacial score (nSPS) is 23.0. The van der Waals surface area contributed by atoms with Crippen LogP contribution in [0.1, 0.15) is 85.1 Å². The number of aliphatic hydroxyl groups is 3. The Bertz CT molecular complexity index is 4210. The van der Waals surface area contributed by atoms with Crippen molar-refractivity contribution in [2.45, 2.75) is 164 Å². The maximum Gasteiger partial charge on any atom is 0.264 e. The van der Waals surface area contributed by atoms with Gasteiger partial charge in [-0.25, -0.2) is 0 Å². The van der Waals surface area contributed by atoms with E-state index in [1.165, 1.54) is 31.3 Å². The summed E-state index contributed by atoms with van der Waals surface area (Å²) in [5.41, 5.74) is 20.6. The van der Waals surface area contributed by atoms with E-state index < -0.39 is 163 Å². The lowest BCUT2D eigenvalue weighted by Gasteiger charge is -2.32. The number of amides is 12. The number of halogens is 1. The number of nitrogens with two attached hydrogens (primary N) is 3. The van der Waals surface area contributed by atoms with Gasteiger partial charge in [0.25, 0.3) is 11.8 Å². The van der Waals surface area contributed by atoms with Gasteiger partial charge in [0.15, 0.2) is 6.17 Å². The van der Waals surface area contributed by atoms with Crippen LogP contribution >= 0.6 is 44.2 Å². The SMILES string of the molecule is CC(C)NCc1ccc(C[C@@H]2NC(=O)[C@@H](N(C)C(=O)c3ccc4ccccc4c3)NC(=O)[C@H](Cc3ccccc3)NC(=O)[C@H](Cc3ccccc3)NC(=O)[C@H](CCCCN)NC(=O)[C@@H](N)CSSC[C@@H](C(N)=O)NC(=O)[C@H](CO)NC(=O)[C@H]([C@@H](C)O)NC(=O)[C@H](Cc3ccc(O)c(I)c3)NC(=O)[C@@H]([C@@H](C)O)NC2=O)cc1. The Labute approximate surface area is 664 Å². The largest absolute Gasteiger partial charge is 0.507 e. The summed E-state index contributed by atoms with van der Waals surface area (Å²) in [4.78, 5) is 177. The molecule has 1 aliphatic rings. The number of aromatic hydroxyl groups is 1. The molecule has 0 aliphatic carbocycles. The molecular formula is C77H98IN15O16S2. The number of phenols is 1. The summed E-state index contributed by atoms with van der Waals surface area (Å²) >= 11 is 1.82. The minimum atomic E-state index is -2.07. The molecule has 6 aromatic carbocycles. The number of rotatable bonds is 21. The van der Waals surface area contributed by atoms with E-state index in [-0.39, 0.29) is 61.1 Å². The predicted octanol–water partition coefficient (Wildman–Crippen LogP) is -0.413. The van der Waals surface area contributed by atoms with Crippen molar-refractivity contribution in [1.82, 2.24) is 63.4 Å². The molecule has 0 bridgehead atoms. The minimum Gasteiger partial charge on any atom is -0.507 e. The van der Waals surface area contributed by atoms with Crippen molar-refractivity contribution >= 4 is 126 Å². The van der Waals surface area contributed by atoms with Crippen LogP contribution in [0.2, 0.25) is 0 Å². The van der Waals surface area contributed by atoms with Crippen molar-refractivity contribution in [3.8, 4) is 5.75 Å². The Morgan fingerprint density at radius 2 is 0.946 bits per heavy atom. The second kappa shape index (κ2) is 43.7. The van der Waals surface area contributed by atoms with Gasteiger partial charge >= 0.3 is 0 Å². The lowest BCUT2D eigenvalue weighted by molar-refractivity contribution is -0.138. The van der Waals surface area contributed by atoms with Crippen molar-refractivity contribution < 1.29 is 78.0 Å². The molecule has 21 N–H and O–H groups in total. The molecule has 34 heteroatoms. The van der Waals surface area contributed by atoms with Gasteiger partial charge in [0.05, 0.1) is 28.4 Å². The summed E-state index contributed by atoms with van der Waals surface area (Å²) in [6, 6.07) is 23.5. The van der Waals surface area contributed by atoms with Gasteiger partial charge in [0, 0.05) is 62.4 Å². The van der Waals surface area contributed by atoms with Crippen molar-refractivity contribution in [2.75, 3.05) is 31.7 Å². The highest BCUT2D eigenvalue weighted by Gasteiger charge is 2.40. The molecule has 12 amide bonds. The molecule has 1 heterocycles. The van der Waals surface area contributed by atoms with Gasteiger partial charge < -0.3 is 101 Å². The van der Waals surface area contributed by atoms with Gasteiger partial charge in [-0.3, -0.25) is 57.5 Å². The van der Waals surface area contributed by atoms with Crippen molar-refractivity contribution in [2.24, 2.45) is 17.2 Å². The van der Waals surface area contributed by atoms with E-state index in [0.29, 0.717) is 50.6 Å². The number of primary amides is 1. The molecule has 0 radical (unpaired) electrons. The topological polar surface area (TPSA) is 499 Å². The zero-order valence-electron chi connectivity index (χ0n) is 62.0. The Balaban J connectivity index is 1.35. The minimum absolute atomic E-state index is 0.00408. The number of phenolic OH excluding ortho intramolecular Hbond substituents is 1. The van der Waals surface area contributed by atoms with E-state index >= 15 is 24.0 Å². The van der Waals surface area contributed by atoms with Gasteiger partial charge in [0.2, 0.25) is 59.1 Å². The van der Waals surface area contributed by atoms with Gasteiger partial charge in [0.1, 0.15) is 60.1 Å². The quantitative estimate of drug-likeness (QED) is 0.0247. The van der Waals surface area contributed by atoms with Crippen LogP contribution in [0.15, 0.2) is 146 Å². The number of hydrogen-bond acceptors (Lipinski definition) is 21. The molecule has 0 spiro atoms. The fraction of sp³-hybridized carbons (Fsp3) is 0.403. The van der Waals surface area contributed by atoms with Crippen LogP contribution < -0.4 is 75.7 Å². The molecule has 1 saturated heterocycles. The molecule has 0 unspecified atom stereocenters. The average molecular weight is 1680 g/mol. The molecule has 1 fully saturated rings. The standard InChI is InChI=1S/C77H98IN15O16S2/c1-42(2)82-38-48-25-23-47(24-26-48)35-57-70(102)90-63(43(3)95)74(106)86-59(36-49-27-30-62(97)53(78)32-49)71(103)91-64(44(4)96)75(107)88-60(39-94)73(105)89-61(65(81)98)41-111-110-40-54(80)67(99)83-55(22-14-15-31-79)68(100)84-56(33-45-16-8-6-9-17-45)69(101)85-58(34-46-18-10-7-11-19-46)72(104)92-66(76(108)87-57)93(5)77(109)52-29-28-50-20-12-13-21-51(50)37-52/h6-13,16-21,23-30,32,37,42-44,54-61,63-64,66,82,94-97H,14-15,22,31,33-36,38-41,79-80H2,1-5H3,(H2,81,98)(H,83,99)(H,84,100)(H,85,101)(H,86,106)(H,87,108)(H,88,107)(H,89,105)(H,90,102)(H,91,103)(H,92,104)/t43-,44-,54+,55+,56+,57+,58+,59+,60+,61+,63-,64+,66-/m1/s1. The first-order valence-corrected chi connectivity index (χ1v) is 39.6. The van der Waals surface area contributed by atoms with Crippen LogP contribution in [0.4, 0.5) is 0 Å². The fourth-order valence-electron chi connectivity index (χ4n) is 11.7. The van der Waals surface area contributed by atoms with E-state index in [1.807, 2.05) is 42.5 Å². The summed E-state index contributed by atoms with van der Waals surface area (Å²) < 4.78 is 0.307. The Hall–Kier alpha value is -9.79. The van der Waals surface area contributed by atoms with Crippen molar-refractivity contribution in [3.05, 3.63) is 183 Å². The molecule has 1 aliphatic heterocycles. The summed E-state index contributed by atoms with van der Waals surface area (Å²) in [6.07, 6.45) is -6.15. The molecular weight excluding hydrogens is 1580 g/mol. The number of nitrogens with zero attached hydrogens (tertiary/aromatic N) is 1. The summed E-state index contributed by atoms with van der Waals surface area (Å²) in [7, 11) is 3.14. The monoisotopic (exact) mass is 1680 g/mol. The second-order valence-electron chi connectivity index (χ2n) is 27.2. The molecule has 0 saturated carbocycles. The third kappa shape index (κ3) is 27.3. The predicted molar refractivity (Wildman–Crippen MR) is 428 cm³/mol. The maximum absolute atomic E-state index is 15.7. The van der Waals surface area contributed by atoms with Crippen molar-refractivity contribution in [1.29, 1.82) is 0 Å². The van der Waals surface area contributed by atoms with E-state index in [2.05, 4.69) is 58.5 Å². The highest BCUT2D eigenvalue weighted by atomic mass is 127. The van der Waals surface area contributed by atoms with Crippen LogP contribution in [0.5, 0.6) is 5.75 Å². The Kier molecular flexibility index (Phi) is 34.8. The van der Waals surface area contributed by atoms with Crippen LogP contribution in [0.3, 0.4) is 0 Å². The van der Waals surface area contributed by atoms with E-state index in [0.717, 1.165) is 51.3 Å². The Morgan fingerprint density at radius 1 is 0.505 bits per heavy atom. The highest BCUT2D eigenvalue weighted by Crippen LogP contribution is 2.25. The lowest BCUT2D eigenvalue weighted by atomic mass is 10.0. The number of unbranched alkanes of at least 4 members (excludes halogenated alkanes) is 1. The first-order chi connectivity index (χ1) is 52.9. The number of carbonyl (C=O) groups is 12. The second-order valence-corrected chi connectivity index (χ2v) is 31.0. The van der Waals surface area contributed by atoms with E-state index in [1.54, 1.807) is 115 Å². The third-order valence-electron chi connectivity index (χ3n) is 18.0. The molecule has 6 aromatic rings. The number of nitrogens with one attached hydrogen (secondary N) is 11. The van der Waals surface area contributed by atoms with Crippen LogP contribution in [0, 0.1) is 3.57 Å². The molecule has 13 atom stereocenters.